The molecule has 1 aromatic heterocycles. The molecule has 1 aliphatic rings. The van der Waals surface area contributed by atoms with E-state index in [-0.39, 0.29) is 5.41 Å². The quantitative estimate of drug-likeness (QED) is 0.943. The average molecular weight is 311 g/mol. The lowest BCUT2D eigenvalue weighted by Crippen LogP contribution is -2.30. The van der Waals surface area contributed by atoms with Crippen LogP contribution >= 0.6 is 0 Å². The molecule has 3 rings (SSSR count). The largest absolute Gasteiger partial charge is 0.497 e. The molecule has 0 unspecified atom stereocenters. The maximum absolute atomic E-state index is 5.23. The Bertz CT molecular complexity index is 739. The Morgan fingerprint density at radius 2 is 1.91 bits per heavy atom. The van der Waals surface area contributed by atoms with Crippen molar-refractivity contribution in [2.24, 2.45) is 0 Å². The smallest absolute Gasteiger partial charge is 0.118 e. The van der Waals surface area contributed by atoms with Crippen LogP contribution in [0.2, 0.25) is 0 Å². The molecule has 2 heterocycles. The van der Waals surface area contributed by atoms with Crippen LogP contribution in [0.15, 0.2) is 30.5 Å². The molecule has 0 fully saturated rings. The summed E-state index contributed by atoms with van der Waals surface area (Å²) < 4.78 is 7.35. The van der Waals surface area contributed by atoms with Crippen LogP contribution in [0.5, 0.6) is 5.75 Å². The number of nitrogens with zero attached hydrogens (tertiary/aromatic N) is 2. The number of hydrogen-bond donors (Lipinski definition) is 1. The predicted molar refractivity (Wildman–Crippen MR) is 93.7 cm³/mol. The molecule has 2 aromatic rings. The van der Waals surface area contributed by atoms with Crippen LogP contribution in [-0.2, 0) is 12.0 Å². The first kappa shape index (κ1) is 15.7. The lowest BCUT2D eigenvalue weighted by molar-refractivity contribution is 0.414. The monoisotopic (exact) mass is 311 g/mol. The van der Waals surface area contributed by atoms with E-state index in [1.165, 1.54) is 22.4 Å². The molecule has 0 amide bonds. The van der Waals surface area contributed by atoms with Gasteiger partial charge in [-0.15, -0.1) is 0 Å². The fourth-order valence-electron chi connectivity index (χ4n) is 3.31. The summed E-state index contributed by atoms with van der Waals surface area (Å²) in [6.45, 7) is 10.6. The summed E-state index contributed by atoms with van der Waals surface area (Å²) in [5, 5.41) is 8.31. The maximum atomic E-state index is 5.23. The topological polar surface area (TPSA) is 39.1 Å². The molecule has 0 bridgehead atoms. The van der Waals surface area contributed by atoms with E-state index < -0.39 is 0 Å². The van der Waals surface area contributed by atoms with Crippen LogP contribution in [0.1, 0.15) is 43.3 Å². The maximum Gasteiger partial charge on any atom is 0.118 e. The fourth-order valence-corrected chi connectivity index (χ4v) is 3.31. The summed E-state index contributed by atoms with van der Waals surface area (Å²) in [7, 11) is 1.69. The van der Waals surface area contributed by atoms with Crippen LogP contribution < -0.4 is 10.1 Å². The zero-order valence-electron chi connectivity index (χ0n) is 14.6. The number of fused-ring (bicyclic) bond motifs is 1. The normalized spacial score (nSPS) is 16.1. The van der Waals surface area contributed by atoms with Gasteiger partial charge in [0.2, 0.25) is 0 Å². The number of benzene rings is 1. The van der Waals surface area contributed by atoms with E-state index in [1.807, 2.05) is 12.1 Å². The van der Waals surface area contributed by atoms with Gasteiger partial charge in [0, 0.05) is 29.4 Å². The molecule has 0 radical (unpaired) electrons. The highest BCUT2D eigenvalue weighted by molar-refractivity contribution is 5.66. The molecule has 0 saturated carbocycles. The summed E-state index contributed by atoms with van der Waals surface area (Å²) in [6.07, 6.45) is 2.08. The highest BCUT2D eigenvalue weighted by atomic mass is 16.5. The molecule has 0 aliphatic carbocycles. The Morgan fingerprint density at radius 3 is 2.57 bits per heavy atom. The minimum atomic E-state index is 0.0613. The first-order valence-electron chi connectivity index (χ1n) is 8.04. The van der Waals surface area contributed by atoms with E-state index in [0.29, 0.717) is 0 Å². The molecule has 1 N–H and O–H groups in total. The number of ether oxygens (including phenoxy) is 1. The van der Waals surface area contributed by atoms with Gasteiger partial charge in [-0.25, -0.2) is 0 Å². The second-order valence-corrected chi connectivity index (χ2v) is 6.91. The summed E-state index contributed by atoms with van der Waals surface area (Å²) >= 11 is 0. The molecule has 0 atom stereocenters. The standard InChI is InChI=1S/C19H25N3O/c1-13-10-20-12-19(3,4)17-14(2)22(21-18(13)17)11-15-6-8-16(23-5)9-7-15/h6-10,20H,11-12H2,1-5H3. The van der Waals surface area contributed by atoms with Gasteiger partial charge in [-0.3, -0.25) is 4.68 Å². The third-order valence-corrected chi connectivity index (χ3v) is 4.61. The van der Waals surface area contributed by atoms with Crippen molar-refractivity contribution in [3.05, 3.63) is 53.0 Å². The molecule has 1 aliphatic heterocycles. The van der Waals surface area contributed by atoms with Crippen molar-refractivity contribution in [2.75, 3.05) is 13.7 Å². The van der Waals surface area contributed by atoms with Gasteiger partial charge in [-0.2, -0.15) is 5.10 Å². The van der Waals surface area contributed by atoms with Gasteiger partial charge in [0.15, 0.2) is 0 Å². The summed E-state index contributed by atoms with van der Waals surface area (Å²) in [5.41, 5.74) is 6.20. The molecule has 0 saturated heterocycles. The van der Waals surface area contributed by atoms with Crippen LogP contribution in [0.3, 0.4) is 0 Å². The minimum Gasteiger partial charge on any atom is -0.497 e. The van der Waals surface area contributed by atoms with Gasteiger partial charge in [0.25, 0.3) is 0 Å². The van der Waals surface area contributed by atoms with E-state index in [1.54, 1.807) is 7.11 Å². The van der Waals surface area contributed by atoms with Gasteiger partial charge in [-0.05, 0) is 37.1 Å². The Balaban J connectivity index is 1.99. The zero-order valence-corrected chi connectivity index (χ0v) is 14.6. The van der Waals surface area contributed by atoms with Crippen molar-refractivity contribution in [3.8, 4) is 5.75 Å². The molecule has 122 valence electrons. The lowest BCUT2D eigenvalue weighted by Gasteiger charge is -2.24. The van der Waals surface area contributed by atoms with Gasteiger partial charge in [0.05, 0.1) is 19.3 Å². The Kier molecular flexibility index (Phi) is 3.92. The van der Waals surface area contributed by atoms with Crippen molar-refractivity contribution >= 4 is 5.57 Å². The number of allylic oxidation sites excluding steroid dienone is 1. The van der Waals surface area contributed by atoms with E-state index >= 15 is 0 Å². The van der Waals surface area contributed by atoms with Crippen molar-refractivity contribution in [3.63, 3.8) is 0 Å². The van der Waals surface area contributed by atoms with Crippen LogP contribution in [-0.4, -0.2) is 23.4 Å². The van der Waals surface area contributed by atoms with Crippen molar-refractivity contribution in [1.82, 2.24) is 15.1 Å². The third-order valence-electron chi connectivity index (χ3n) is 4.61. The van der Waals surface area contributed by atoms with Crippen molar-refractivity contribution in [1.29, 1.82) is 0 Å². The predicted octanol–water partition coefficient (Wildman–Crippen LogP) is 3.49. The highest BCUT2D eigenvalue weighted by Gasteiger charge is 2.31. The summed E-state index contributed by atoms with van der Waals surface area (Å²) in [5.74, 6) is 0.882. The first-order chi connectivity index (χ1) is 10.9. The van der Waals surface area contributed by atoms with E-state index in [2.05, 4.69) is 56.0 Å². The van der Waals surface area contributed by atoms with E-state index in [9.17, 15) is 0 Å². The second kappa shape index (κ2) is 5.76. The molecule has 1 aromatic carbocycles. The summed E-state index contributed by atoms with van der Waals surface area (Å²) in [4.78, 5) is 0. The Morgan fingerprint density at radius 1 is 1.22 bits per heavy atom. The van der Waals surface area contributed by atoms with Gasteiger partial charge >= 0.3 is 0 Å². The molecule has 0 spiro atoms. The lowest BCUT2D eigenvalue weighted by atomic mass is 9.82. The van der Waals surface area contributed by atoms with E-state index in [4.69, 9.17) is 9.84 Å². The number of rotatable bonds is 3. The van der Waals surface area contributed by atoms with Crippen LogP contribution in [0.4, 0.5) is 0 Å². The molecule has 23 heavy (non-hydrogen) atoms. The molecule has 4 nitrogen and oxygen atoms in total. The highest BCUT2D eigenvalue weighted by Crippen LogP contribution is 2.34. The van der Waals surface area contributed by atoms with Crippen LogP contribution in [0, 0.1) is 6.92 Å². The van der Waals surface area contributed by atoms with Crippen molar-refractivity contribution in [2.45, 2.75) is 39.7 Å². The summed E-state index contributed by atoms with van der Waals surface area (Å²) in [6, 6.07) is 8.19. The number of nitrogens with one attached hydrogen (secondary N) is 1. The van der Waals surface area contributed by atoms with Crippen LogP contribution in [0.25, 0.3) is 5.57 Å². The number of methoxy groups -OCH3 is 1. The average Bonchev–Trinajstić information content (AvgIpc) is 2.80. The minimum absolute atomic E-state index is 0.0613. The molecular formula is C19H25N3O. The van der Waals surface area contributed by atoms with Crippen molar-refractivity contribution < 1.29 is 4.74 Å². The first-order valence-corrected chi connectivity index (χ1v) is 8.04. The Hall–Kier alpha value is -2.23. The second-order valence-electron chi connectivity index (χ2n) is 6.91. The van der Waals surface area contributed by atoms with E-state index in [0.717, 1.165) is 24.5 Å². The Labute approximate surface area is 138 Å². The molecule has 4 heteroatoms. The van der Waals surface area contributed by atoms with Gasteiger partial charge in [0.1, 0.15) is 5.75 Å². The van der Waals surface area contributed by atoms with Gasteiger partial charge < -0.3 is 10.1 Å². The number of hydrogen-bond acceptors (Lipinski definition) is 3. The molecular weight excluding hydrogens is 286 g/mol. The van der Waals surface area contributed by atoms with Gasteiger partial charge in [-0.1, -0.05) is 26.0 Å². The SMILES string of the molecule is COc1ccc(Cn2nc3c(c2C)C(C)(C)CNC=C3C)cc1. The zero-order chi connectivity index (χ0) is 16.6. The third kappa shape index (κ3) is 2.85. The fraction of sp³-hybridized carbons (Fsp3) is 0.421. The number of aromatic nitrogens is 2.